The minimum atomic E-state index is -0.909. The van der Waals surface area contributed by atoms with Gasteiger partial charge < -0.3 is 88.0 Å². The number of nitrogens with two attached hydrogens (primary N) is 1. The van der Waals surface area contributed by atoms with E-state index in [2.05, 4.69) is 69.9 Å². The Labute approximate surface area is 801 Å². The second-order valence-electron chi connectivity index (χ2n) is 39.4. The van der Waals surface area contributed by atoms with Gasteiger partial charge in [-0.05, 0) is 202 Å². The summed E-state index contributed by atoms with van der Waals surface area (Å²) in [4.78, 5) is 214. The molecule has 12 N–H and O–H groups in total. The Kier molecular flexibility index (Phi) is 48.1. The Morgan fingerprint density at radius 1 is 0.504 bits per heavy atom. The number of nitrogens with zero attached hydrogens (tertiary/aromatic N) is 5. The lowest BCUT2D eigenvalue weighted by atomic mass is 9.85. The van der Waals surface area contributed by atoms with Crippen molar-refractivity contribution in [2.45, 2.75) is 299 Å². The molecule has 3 aliphatic heterocycles. The number of methoxy groups -OCH3 is 2. The lowest BCUT2D eigenvalue weighted by Gasteiger charge is -2.41. The van der Waals surface area contributed by atoms with Gasteiger partial charge in [0.2, 0.25) is 65.0 Å². The second kappa shape index (κ2) is 57.2. The molecule has 13 amide bonds. The minimum Gasteiger partial charge on any atom is -0.379 e. The molecule has 3 heterocycles. The molecule has 0 unspecified atom stereocenters. The van der Waals surface area contributed by atoms with Crippen molar-refractivity contribution in [3.63, 3.8) is 0 Å². The number of primary amides is 1. The number of piperidine rings is 2. The summed E-state index contributed by atoms with van der Waals surface area (Å²) in [6, 6.07) is 18.8. The number of anilines is 2. The Bertz CT molecular complexity index is 4330. The topological polar surface area (TPSA) is 437 Å². The monoisotopic (exact) mass is 1880 g/mol. The van der Waals surface area contributed by atoms with E-state index < -0.39 is 84.1 Å². The fourth-order valence-corrected chi connectivity index (χ4v) is 19.2. The van der Waals surface area contributed by atoms with Crippen LogP contribution in [0, 0.1) is 65.1 Å². The summed E-state index contributed by atoms with van der Waals surface area (Å²) in [5.41, 5.74) is 8.78. The molecule has 0 saturated carbocycles. The Morgan fingerprint density at radius 2 is 1.00 bits per heavy atom. The van der Waals surface area contributed by atoms with Gasteiger partial charge in [-0.1, -0.05) is 144 Å². The number of hydrogen-bond acceptors (Lipinski definition) is 20. The lowest BCUT2D eigenvalue weighted by Crippen LogP contribution is -2.59. The van der Waals surface area contributed by atoms with Crippen molar-refractivity contribution in [3.8, 4) is 0 Å². The van der Waals surface area contributed by atoms with Crippen LogP contribution in [0.3, 0.4) is 0 Å². The van der Waals surface area contributed by atoms with Gasteiger partial charge >= 0.3 is 6.03 Å². The van der Waals surface area contributed by atoms with Crippen molar-refractivity contribution in [1.82, 2.24) is 67.0 Å². The van der Waals surface area contributed by atoms with E-state index in [1.165, 1.54) is 21.1 Å². The van der Waals surface area contributed by atoms with Gasteiger partial charge in [-0.2, -0.15) is 0 Å². The second-order valence-corrected chi connectivity index (χ2v) is 39.4. The minimum absolute atomic E-state index is 0.00668. The first-order valence-electron chi connectivity index (χ1n) is 49.2. The number of benzene rings is 3. The number of urea groups is 1. The number of carbonyl (C=O) groups excluding carboxylic acids is 15. The van der Waals surface area contributed by atoms with Crippen LogP contribution in [0.4, 0.5) is 16.2 Å². The molecule has 3 aromatic rings. The fourth-order valence-electron chi connectivity index (χ4n) is 19.2. The molecule has 3 aliphatic rings. The zero-order valence-electron chi connectivity index (χ0n) is 84.2. The quantitative estimate of drug-likeness (QED) is 0.0185. The molecule has 752 valence electrons. The summed E-state index contributed by atoms with van der Waals surface area (Å²) in [5.74, 6) is -8.01. The SMILES string of the molecule is CC[C@H](CC(=O)[C@@H](NC(=O)CCCN1CC[C@H](C(=O)NCNC(=O)[C@H]2CCN(CCCC(=O)N[C@H](C(=O)C[C@@H](CCCNC(N)=O)C(=O)Nc3ccc(CNC(=O)[C@@H](CC(=O)[C@H](C)[C@@H](OC)[C@@H]4CCCN4C(=O)C[C@@H](OC)[C@H]([C@@H](C)CC)N(C)C(=O)[C@@H](NC(=O)[C@H](C(C)C)N(C)C)C(C)C)Cc4ccccc4)cc3)C(C)C)[C@@H](C)C2)C[C@@H]1C)C(C)C)C(=O)Nc1ccc(CNC(C)=O)cc1. The van der Waals surface area contributed by atoms with Crippen LogP contribution in [-0.4, -0.2) is 255 Å². The highest BCUT2D eigenvalue weighted by molar-refractivity contribution is 5.99. The van der Waals surface area contributed by atoms with Crippen LogP contribution >= 0.6 is 0 Å². The number of likely N-dealkylation sites (tertiary alicyclic amines) is 3. The molecule has 0 aliphatic carbocycles. The number of likely N-dealkylation sites (N-methyl/N-ethyl adjacent to an activating group) is 2. The number of amides is 13. The van der Waals surface area contributed by atoms with Crippen molar-refractivity contribution in [1.29, 1.82) is 0 Å². The smallest absolute Gasteiger partial charge is 0.312 e. The molecule has 17 atom stereocenters. The Morgan fingerprint density at radius 3 is 1.45 bits per heavy atom. The zero-order valence-corrected chi connectivity index (χ0v) is 84.2. The van der Waals surface area contributed by atoms with Gasteiger partial charge in [0.1, 0.15) is 11.8 Å². The highest BCUT2D eigenvalue weighted by Gasteiger charge is 2.45. The molecule has 33 heteroatoms. The van der Waals surface area contributed by atoms with Crippen molar-refractivity contribution in [2.75, 3.05) is 91.9 Å². The number of hydrogen-bond donors (Lipinski definition) is 11. The summed E-state index contributed by atoms with van der Waals surface area (Å²) in [7, 11) is 8.45. The van der Waals surface area contributed by atoms with Crippen molar-refractivity contribution in [2.24, 2.45) is 70.8 Å². The van der Waals surface area contributed by atoms with Crippen LogP contribution in [0.5, 0.6) is 0 Å². The van der Waals surface area contributed by atoms with Crippen molar-refractivity contribution in [3.05, 3.63) is 95.6 Å². The van der Waals surface area contributed by atoms with Gasteiger partial charge in [0, 0.05) is 145 Å². The first-order chi connectivity index (χ1) is 64.0. The van der Waals surface area contributed by atoms with Crippen molar-refractivity contribution < 1.29 is 81.4 Å². The predicted octanol–water partition coefficient (Wildman–Crippen LogP) is 9.22. The van der Waals surface area contributed by atoms with Crippen LogP contribution in [0.25, 0.3) is 0 Å². The number of nitrogens with one attached hydrogen (secondary N) is 10. The van der Waals surface area contributed by atoms with E-state index in [-0.39, 0.29) is 201 Å². The lowest BCUT2D eigenvalue weighted by molar-refractivity contribution is -0.148. The van der Waals surface area contributed by atoms with Crippen LogP contribution in [-0.2, 0) is 96.1 Å². The molecule has 3 fully saturated rings. The van der Waals surface area contributed by atoms with Gasteiger partial charge in [0.25, 0.3) is 0 Å². The maximum absolute atomic E-state index is 14.7. The van der Waals surface area contributed by atoms with Gasteiger partial charge in [-0.15, -0.1) is 0 Å². The first-order valence-corrected chi connectivity index (χ1v) is 49.2. The largest absolute Gasteiger partial charge is 0.379 e. The molecule has 0 aromatic heterocycles. The van der Waals surface area contributed by atoms with E-state index in [1.807, 2.05) is 145 Å². The van der Waals surface area contributed by atoms with E-state index in [4.69, 9.17) is 15.2 Å². The van der Waals surface area contributed by atoms with Crippen molar-refractivity contribution >= 4 is 99.7 Å². The molecule has 6 rings (SSSR count). The normalized spacial score (nSPS) is 19.2. The molecule has 3 aromatic carbocycles. The van der Waals surface area contributed by atoms with Gasteiger partial charge in [-0.3, -0.25) is 72.0 Å². The molecule has 135 heavy (non-hydrogen) atoms. The molecule has 33 nitrogen and oxygen atoms in total. The molecule has 0 bridgehead atoms. The maximum Gasteiger partial charge on any atom is 0.312 e. The summed E-state index contributed by atoms with van der Waals surface area (Å²) < 4.78 is 12.3. The summed E-state index contributed by atoms with van der Waals surface area (Å²) >= 11 is 0. The number of carbonyl (C=O) groups is 15. The van der Waals surface area contributed by atoms with E-state index in [0.29, 0.717) is 127 Å². The van der Waals surface area contributed by atoms with E-state index in [9.17, 15) is 71.9 Å². The third-order valence-electron chi connectivity index (χ3n) is 27.4. The first kappa shape index (κ1) is 114. The number of Topliss-reactive ketones (excluding diaryl/α,β-unsaturated/α-hetero) is 3. The van der Waals surface area contributed by atoms with Crippen LogP contribution in [0.2, 0.25) is 0 Å². The number of ether oxygens (including phenoxy) is 2. The average Bonchev–Trinajstić information content (AvgIpc) is 1.72. The van der Waals surface area contributed by atoms with Gasteiger partial charge in [0.15, 0.2) is 11.6 Å². The van der Waals surface area contributed by atoms with Crippen LogP contribution in [0.1, 0.15) is 236 Å². The van der Waals surface area contributed by atoms with Gasteiger partial charge in [-0.25, -0.2) is 4.79 Å². The Balaban J connectivity index is 0.937. The number of rotatable bonds is 57. The predicted molar refractivity (Wildman–Crippen MR) is 522 cm³/mol. The molecular weight excluding hydrogens is 1720 g/mol. The zero-order chi connectivity index (χ0) is 100. The molecule has 3 saturated heterocycles. The van der Waals surface area contributed by atoms with Crippen LogP contribution in [0.15, 0.2) is 78.9 Å². The summed E-state index contributed by atoms with van der Waals surface area (Å²) in [6.45, 7) is 31.8. The molecule has 0 radical (unpaired) electrons. The highest BCUT2D eigenvalue weighted by Crippen LogP contribution is 2.34. The van der Waals surface area contributed by atoms with E-state index in [1.54, 1.807) is 60.2 Å². The van der Waals surface area contributed by atoms with E-state index in [0.717, 1.165) is 11.1 Å². The standard InChI is InChI=1S/C102H162N16O17/c1-21-66(11)93(115(18)101(132)91(64(7)8)113-100(131)92(65(9)10)114(16)17)85(134-19)58-88(125)118-49-27-33-81(118)94(135-20)69(14)82(120)57-78(54-71-30-24-23-25-31-71)97(128)106-60-73-38-42-80(43-39-73)110-99(130)75(32-26-46-104-102(103)133)56-84(122)90(63(5)6)112-87(124)35-29-48-117-51-45-77(53-68(117)13)96(127)108-61-107-95(126)76-44-50-116(67(12)52-76)47-28-34-86(123)111-89(62(3)4)83(121)55-74(22-2)98(129)109-79-40-36-72(37-41-79)59-105-70(15)119/h23-25,30-31,36-43,62-69,74-78,81,85,89-94H,21-22,26-29,32-35,44-61H2,1-20H3,(H,105,119)(H,106,128)(H,107,126)(H,108,127)(H,109,129)(H,110,130)(H,111,123)(H,112,124)(H,113,131)(H3,103,104,133)/t66-,67-,68-,69-,74+,75+,76-,77-,78+,81-,85+,89-,90-,91-,92-,93-,94+/m0/s1. The third-order valence-corrected chi connectivity index (χ3v) is 27.4. The summed E-state index contributed by atoms with van der Waals surface area (Å²) in [6.07, 6.45) is 4.97. The average molecular weight is 1880 g/mol. The summed E-state index contributed by atoms with van der Waals surface area (Å²) in [5, 5.41) is 28.9. The fraction of sp³-hybridized carbons (Fsp3) is 0.676. The van der Waals surface area contributed by atoms with E-state index >= 15 is 0 Å². The highest BCUT2D eigenvalue weighted by atomic mass is 16.5. The Hall–Kier alpha value is -10.1. The van der Waals surface area contributed by atoms with Gasteiger partial charge in [0.05, 0.1) is 55.5 Å². The number of ketones is 3. The third kappa shape index (κ3) is 36.4. The van der Waals surface area contributed by atoms with Crippen LogP contribution < -0.4 is 58.9 Å². The molecular formula is C102H162N16O17. The maximum atomic E-state index is 14.7. The molecule has 0 spiro atoms.